The van der Waals surface area contributed by atoms with Crippen LogP contribution in [0.1, 0.15) is 10.4 Å². The fourth-order valence-electron chi connectivity index (χ4n) is 3.44. The lowest BCUT2D eigenvalue weighted by atomic mass is 10.1. The summed E-state index contributed by atoms with van der Waals surface area (Å²) in [4.78, 5) is 29.9. The van der Waals surface area contributed by atoms with Gasteiger partial charge in [-0.1, -0.05) is 17.7 Å². The third-order valence-electron chi connectivity index (χ3n) is 4.95. The van der Waals surface area contributed by atoms with E-state index in [1.54, 1.807) is 42.5 Å². The van der Waals surface area contributed by atoms with Gasteiger partial charge in [-0.3, -0.25) is 19.7 Å². The van der Waals surface area contributed by atoms with Gasteiger partial charge < -0.3 is 5.32 Å². The lowest BCUT2D eigenvalue weighted by Gasteiger charge is -2.07. The summed E-state index contributed by atoms with van der Waals surface area (Å²) in [5.41, 5.74) is 2.31. The Morgan fingerprint density at radius 2 is 1.84 bits per heavy atom. The molecule has 0 saturated carbocycles. The molecule has 0 aliphatic rings. The van der Waals surface area contributed by atoms with Gasteiger partial charge in [0.25, 0.3) is 11.5 Å². The number of hydrogen-bond acceptors (Lipinski definition) is 3. The number of aromatic amines is 1. The van der Waals surface area contributed by atoms with E-state index in [4.69, 9.17) is 11.6 Å². The average molecular weight is 433 g/mol. The van der Waals surface area contributed by atoms with Gasteiger partial charge in [-0.25, -0.2) is 9.07 Å². The molecule has 6 nitrogen and oxygen atoms in total. The summed E-state index contributed by atoms with van der Waals surface area (Å²) in [5.74, 6) is -0.711. The van der Waals surface area contributed by atoms with E-state index < -0.39 is 5.82 Å². The summed E-state index contributed by atoms with van der Waals surface area (Å²) in [7, 11) is 0. The van der Waals surface area contributed by atoms with Crippen LogP contribution >= 0.6 is 11.6 Å². The molecule has 0 aliphatic heterocycles. The van der Waals surface area contributed by atoms with Crippen molar-refractivity contribution >= 4 is 45.0 Å². The van der Waals surface area contributed by atoms with Crippen LogP contribution in [0.3, 0.4) is 0 Å². The number of pyridine rings is 1. The molecule has 2 N–H and O–H groups in total. The summed E-state index contributed by atoms with van der Waals surface area (Å²) in [6, 6.07) is 17.5. The largest absolute Gasteiger partial charge is 0.322 e. The maximum absolute atomic E-state index is 13.3. The van der Waals surface area contributed by atoms with E-state index in [-0.39, 0.29) is 11.5 Å². The number of nitrogens with zero attached hydrogens (tertiary/aromatic N) is 2. The van der Waals surface area contributed by atoms with E-state index in [0.29, 0.717) is 43.8 Å². The number of carbonyl (C=O) groups excluding carboxylic acids is 1. The molecule has 0 atom stereocenters. The number of benzene rings is 3. The molecule has 0 spiro atoms. The first-order chi connectivity index (χ1) is 15.0. The van der Waals surface area contributed by atoms with Crippen LogP contribution in [0, 0.1) is 5.82 Å². The number of H-pyrrole nitrogens is 1. The molecule has 152 valence electrons. The maximum atomic E-state index is 13.3. The lowest BCUT2D eigenvalue weighted by Crippen LogP contribution is -2.14. The van der Waals surface area contributed by atoms with Crippen LogP contribution in [-0.4, -0.2) is 20.7 Å². The van der Waals surface area contributed by atoms with Crippen molar-refractivity contribution in [1.82, 2.24) is 14.8 Å². The molecule has 2 heterocycles. The van der Waals surface area contributed by atoms with Crippen molar-refractivity contribution < 1.29 is 9.18 Å². The first-order valence-corrected chi connectivity index (χ1v) is 9.74. The Labute approximate surface area is 179 Å². The van der Waals surface area contributed by atoms with Crippen LogP contribution in [0.5, 0.6) is 0 Å². The van der Waals surface area contributed by atoms with Crippen molar-refractivity contribution in [3.63, 3.8) is 0 Å². The normalized spacial score (nSPS) is 11.2. The zero-order chi connectivity index (χ0) is 21.5. The SMILES string of the molecule is O=C(Nc1cccc(Cl)c1)c1ccc2ncc3c(=O)n(-c4ccc(F)cc4)[nH]c3c2c1. The first-order valence-electron chi connectivity index (χ1n) is 9.36. The van der Waals surface area contributed by atoms with Crippen molar-refractivity contribution in [1.29, 1.82) is 0 Å². The molecule has 5 aromatic rings. The van der Waals surface area contributed by atoms with Gasteiger partial charge in [0.05, 0.1) is 22.1 Å². The van der Waals surface area contributed by atoms with Crippen LogP contribution in [-0.2, 0) is 0 Å². The van der Waals surface area contributed by atoms with Gasteiger partial charge in [-0.05, 0) is 60.7 Å². The number of fused-ring (bicyclic) bond motifs is 3. The third kappa shape index (κ3) is 3.45. The van der Waals surface area contributed by atoms with Crippen LogP contribution in [0.15, 0.2) is 77.7 Å². The highest BCUT2D eigenvalue weighted by atomic mass is 35.5. The molecule has 0 unspecified atom stereocenters. The van der Waals surface area contributed by atoms with Crippen LogP contribution in [0.4, 0.5) is 10.1 Å². The fraction of sp³-hybridized carbons (Fsp3) is 0. The molecule has 2 aromatic heterocycles. The van der Waals surface area contributed by atoms with Crippen LogP contribution < -0.4 is 10.9 Å². The van der Waals surface area contributed by atoms with E-state index in [1.165, 1.54) is 35.1 Å². The van der Waals surface area contributed by atoms with E-state index in [2.05, 4.69) is 15.4 Å². The zero-order valence-electron chi connectivity index (χ0n) is 15.9. The van der Waals surface area contributed by atoms with Gasteiger partial charge in [-0.15, -0.1) is 0 Å². The van der Waals surface area contributed by atoms with Crippen molar-refractivity contribution in [2.75, 3.05) is 5.32 Å². The highest BCUT2D eigenvalue weighted by molar-refractivity contribution is 6.31. The molecular formula is C23H14ClFN4O2. The predicted octanol–water partition coefficient (Wildman–Crippen LogP) is 4.91. The number of aromatic nitrogens is 3. The van der Waals surface area contributed by atoms with Crippen LogP contribution in [0.25, 0.3) is 27.5 Å². The Morgan fingerprint density at radius 1 is 1.03 bits per heavy atom. The second kappa shape index (κ2) is 7.37. The zero-order valence-corrected chi connectivity index (χ0v) is 16.7. The Kier molecular flexibility index (Phi) is 4.52. The fourth-order valence-corrected chi connectivity index (χ4v) is 3.63. The minimum Gasteiger partial charge on any atom is -0.322 e. The molecule has 0 fully saturated rings. The number of nitrogens with one attached hydrogen (secondary N) is 2. The minimum atomic E-state index is -0.393. The summed E-state index contributed by atoms with van der Waals surface area (Å²) in [5, 5.41) is 7.36. The summed E-state index contributed by atoms with van der Waals surface area (Å²) >= 11 is 5.98. The van der Waals surface area contributed by atoms with Gasteiger partial charge >= 0.3 is 0 Å². The van der Waals surface area contributed by atoms with E-state index in [0.717, 1.165) is 0 Å². The Hall–Kier alpha value is -3.97. The highest BCUT2D eigenvalue weighted by Crippen LogP contribution is 2.23. The van der Waals surface area contributed by atoms with E-state index >= 15 is 0 Å². The summed E-state index contributed by atoms with van der Waals surface area (Å²) in [6.07, 6.45) is 1.49. The topological polar surface area (TPSA) is 79.8 Å². The second-order valence-electron chi connectivity index (χ2n) is 6.97. The molecule has 3 aromatic carbocycles. The molecule has 31 heavy (non-hydrogen) atoms. The minimum absolute atomic E-state index is 0.315. The van der Waals surface area contributed by atoms with Gasteiger partial charge in [0.2, 0.25) is 0 Å². The highest BCUT2D eigenvalue weighted by Gasteiger charge is 2.14. The predicted molar refractivity (Wildman–Crippen MR) is 119 cm³/mol. The molecule has 5 rings (SSSR count). The van der Waals surface area contributed by atoms with Crippen LogP contribution in [0.2, 0.25) is 5.02 Å². The Bertz CT molecular complexity index is 1520. The molecule has 0 bridgehead atoms. The maximum Gasteiger partial charge on any atom is 0.280 e. The molecule has 8 heteroatoms. The van der Waals surface area contributed by atoms with Crippen molar-refractivity contribution in [3.05, 3.63) is 99.7 Å². The first kappa shape index (κ1) is 19.0. The number of carbonyl (C=O) groups is 1. The molecule has 0 aliphatic carbocycles. The number of amides is 1. The quantitative estimate of drug-likeness (QED) is 0.425. The van der Waals surface area contributed by atoms with Crippen molar-refractivity contribution in [3.8, 4) is 5.69 Å². The van der Waals surface area contributed by atoms with E-state index in [1.807, 2.05) is 0 Å². The van der Waals surface area contributed by atoms with Crippen molar-refractivity contribution in [2.24, 2.45) is 0 Å². The standard InChI is InChI=1S/C23H14ClFN4O2/c24-14-2-1-3-16(11-14)27-22(30)13-4-9-20-18(10-13)21-19(12-26-20)23(31)29(28-21)17-7-5-15(25)6-8-17/h1-12,28H,(H,27,30). The monoisotopic (exact) mass is 432 g/mol. The van der Waals surface area contributed by atoms with Gasteiger partial charge in [0, 0.05) is 27.9 Å². The molecule has 0 saturated heterocycles. The molecule has 0 radical (unpaired) electrons. The smallest absolute Gasteiger partial charge is 0.280 e. The Morgan fingerprint density at radius 3 is 2.61 bits per heavy atom. The number of anilines is 1. The number of hydrogen-bond donors (Lipinski definition) is 2. The number of halogens is 2. The van der Waals surface area contributed by atoms with Gasteiger partial charge in [0.1, 0.15) is 5.82 Å². The summed E-state index contributed by atoms with van der Waals surface area (Å²) in [6.45, 7) is 0. The average Bonchev–Trinajstić information content (AvgIpc) is 3.11. The third-order valence-corrected chi connectivity index (χ3v) is 5.19. The lowest BCUT2D eigenvalue weighted by molar-refractivity contribution is 0.102. The van der Waals surface area contributed by atoms with E-state index in [9.17, 15) is 14.0 Å². The molecular weight excluding hydrogens is 419 g/mol. The number of rotatable bonds is 3. The van der Waals surface area contributed by atoms with Crippen molar-refractivity contribution in [2.45, 2.75) is 0 Å². The second-order valence-corrected chi connectivity index (χ2v) is 7.41. The summed E-state index contributed by atoms with van der Waals surface area (Å²) < 4.78 is 14.6. The van der Waals surface area contributed by atoms with Gasteiger partial charge in [0.15, 0.2) is 0 Å². The van der Waals surface area contributed by atoms with Gasteiger partial charge in [-0.2, -0.15) is 0 Å². The molecule has 1 amide bonds. The Balaban J connectivity index is 1.61.